The number of rotatable bonds is 1. The molecule has 0 bridgehead atoms. The third-order valence-corrected chi connectivity index (χ3v) is 3.87. The summed E-state index contributed by atoms with van der Waals surface area (Å²) >= 11 is 0. The summed E-state index contributed by atoms with van der Waals surface area (Å²) in [5.74, 6) is 0. The van der Waals surface area contributed by atoms with E-state index in [0.29, 0.717) is 6.04 Å². The second-order valence-electron chi connectivity index (χ2n) is 4.93. The number of aryl methyl sites for hydroxylation is 1. The van der Waals surface area contributed by atoms with Crippen LogP contribution in [0.1, 0.15) is 62.4 Å². The predicted molar refractivity (Wildman–Crippen MR) is 58.8 cm³/mol. The Kier molecular flexibility index (Phi) is 2.47. The molecule has 0 radical (unpaired) electrons. The summed E-state index contributed by atoms with van der Waals surface area (Å²) in [6.45, 7) is 0. The first-order chi connectivity index (χ1) is 7.45. The smallest absolute Gasteiger partial charge is 0.0859 e. The minimum absolute atomic E-state index is 0.660. The molecule has 1 saturated carbocycles. The first kappa shape index (κ1) is 9.37. The van der Waals surface area contributed by atoms with Crippen molar-refractivity contribution >= 4 is 0 Å². The van der Waals surface area contributed by atoms with Crippen LogP contribution in [0.15, 0.2) is 0 Å². The number of aromatic nitrogens is 3. The van der Waals surface area contributed by atoms with Gasteiger partial charge in [-0.15, -0.1) is 5.10 Å². The third kappa shape index (κ3) is 1.68. The lowest BCUT2D eigenvalue weighted by atomic mass is 9.94. The molecule has 2 aliphatic carbocycles. The van der Waals surface area contributed by atoms with E-state index in [1.165, 1.54) is 62.8 Å². The second kappa shape index (κ2) is 3.95. The van der Waals surface area contributed by atoms with E-state index in [2.05, 4.69) is 15.0 Å². The highest BCUT2D eigenvalue weighted by atomic mass is 15.4. The molecular formula is C12H19N3. The van der Waals surface area contributed by atoms with Crippen LogP contribution >= 0.6 is 0 Å². The number of hydrogen-bond donors (Lipinski definition) is 0. The molecule has 2 aliphatic rings. The van der Waals surface area contributed by atoms with Crippen LogP contribution in [0.3, 0.4) is 0 Å². The Morgan fingerprint density at radius 1 is 0.933 bits per heavy atom. The molecule has 0 saturated heterocycles. The molecule has 1 aromatic heterocycles. The van der Waals surface area contributed by atoms with E-state index in [9.17, 15) is 0 Å². The van der Waals surface area contributed by atoms with Crippen LogP contribution in [0, 0.1) is 0 Å². The van der Waals surface area contributed by atoms with Gasteiger partial charge in [0.25, 0.3) is 0 Å². The number of hydrogen-bond acceptors (Lipinski definition) is 2. The summed E-state index contributed by atoms with van der Waals surface area (Å²) in [4.78, 5) is 0. The molecule has 0 atom stereocenters. The molecule has 0 aliphatic heterocycles. The fourth-order valence-electron chi connectivity index (χ4n) is 3.00. The van der Waals surface area contributed by atoms with Gasteiger partial charge in [-0.05, 0) is 38.5 Å². The average molecular weight is 205 g/mol. The van der Waals surface area contributed by atoms with Crippen LogP contribution in [-0.2, 0) is 12.8 Å². The average Bonchev–Trinajstić information content (AvgIpc) is 2.74. The van der Waals surface area contributed by atoms with E-state index in [4.69, 9.17) is 0 Å². The zero-order chi connectivity index (χ0) is 10.1. The van der Waals surface area contributed by atoms with Crippen molar-refractivity contribution in [3.8, 4) is 0 Å². The molecule has 1 aromatic rings. The number of fused-ring (bicyclic) bond motifs is 1. The molecular weight excluding hydrogens is 186 g/mol. The van der Waals surface area contributed by atoms with E-state index in [0.717, 1.165) is 6.42 Å². The van der Waals surface area contributed by atoms with Gasteiger partial charge in [0.05, 0.1) is 17.4 Å². The van der Waals surface area contributed by atoms with Gasteiger partial charge in [0, 0.05) is 0 Å². The predicted octanol–water partition coefficient (Wildman–Crippen LogP) is 2.66. The fraction of sp³-hybridized carbons (Fsp3) is 0.833. The van der Waals surface area contributed by atoms with Crippen molar-refractivity contribution in [1.82, 2.24) is 15.0 Å². The Morgan fingerprint density at radius 3 is 2.60 bits per heavy atom. The molecule has 82 valence electrons. The summed E-state index contributed by atoms with van der Waals surface area (Å²) in [5, 5.41) is 8.73. The van der Waals surface area contributed by atoms with E-state index in [1.54, 1.807) is 0 Å². The Balaban J connectivity index is 1.87. The van der Waals surface area contributed by atoms with Crippen molar-refractivity contribution in [2.75, 3.05) is 0 Å². The van der Waals surface area contributed by atoms with Crippen molar-refractivity contribution in [3.05, 3.63) is 11.4 Å². The maximum atomic E-state index is 4.39. The summed E-state index contributed by atoms with van der Waals surface area (Å²) in [7, 11) is 0. The van der Waals surface area contributed by atoms with Crippen molar-refractivity contribution in [3.63, 3.8) is 0 Å². The van der Waals surface area contributed by atoms with Crippen LogP contribution in [0.4, 0.5) is 0 Å². The summed E-state index contributed by atoms with van der Waals surface area (Å²) in [6, 6.07) is 0.660. The fourth-order valence-corrected chi connectivity index (χ4v) is 3.00. The van der Waals surface area contributed by atoms with E-state index < -0.39 is 0 Å². The van der Waals surface area contributed by atoms with Crippen LogP contribution in [0.2, 0.25) is 0 Å². The highest BCUT2D eigenvalue weighted by Gasteiger charge is 2.23. The van der Waals surface area contributed by atoms with Crippen molar-refractivity contribution < 1.29 is 0 Å². The van der Waals surface area contributed by atoms with Gasteiger partial charge in [0.15, 0.2) is 0 Å². The van der Waals surface area contributed by atoms with Gasteiger partial charge in [-0.3, -0.25) is 0 Å². The highest BCUT2D eigenvalue weighted by Crippen LogP contribution is 2.30. The van der Waals surface area contributed by atoms with Crippen molar-refractivity contribution in [2.24, 2.45) is 0 Å². The first-order valence-electron chi connectivity index (χ1n) is 6.38. The van der Waals surface area contributed by atoms with E-state index in [-0.39, 0.29) is 0 Å². The molecule has 15 heavy (non-hydrogen) atoms. The van der Waals surface area contributed by atoms with Gasteiger partial charge in [-0.25, -0.2) is 4.68 Å². The minimum Gasteiger partial charge on any atom is -0.246 e. The maximum Gasteiger partial charge on any atom is 0.0859 e. The summed E-state index contributed by atoms with van der Waals surface area (Å²) < 4.78 is 2.26. The molecule has 0 amide bonds. The van der Waals surface area contributed by atoms with Gasteiger partial charge in [0.1, 0.15) is 0 Å². The normalized spacial score (nSPS) is 22.7. The highest BCUT2D eigenvalue weighted by molar-refractivity contribution is 5.14. The van der Waals surface area contributed by atoms with Gasteiger partial charge in [0.2, 0.25) is 0 Å². The van der Waals surface area contributed by atoms with Crippen LogP contribution in [0.5, 0.6) is 0 Å². The van der Waals surface area contributed by atoms with E-state index >= 15 is 0 Å². The first-order valence-corrected chi connectivity index (χ1v) is 6.38. The Labute approximate surface area is 90.9 Å². The van der Waals surface area contributed by atoms with Gasteiger partial charge >= 0.3 is 0 Å². The summed E-state index contributed by atoms with van der Waals surface area (Å²) in [5.41, 5.74) is 2.74. The molecule has 1 fully saturated rings. The lowest BCUT2D eigenvalue weighted by Crippen LogP contribution is -2.18. The maximum absolute atomic E-state index is 4.39. The van der Waals surface area contributed by atoms with Gasteiger partial charge in [-0.1, -0.05) is 24.5 Å². The minimum atomic E-state index is 0.660. The molecule has 0 spiro atoms. The molecule has 0 unspecified atom stereocenters. The lowest BCUT2D eigenvalue weighted by molar-refractivity contribution is 0.316. The molecule has 1 heterocycles. The topological polar surface area (TPSA) is 30.7 Å². The largest absolute Gasteiger partial charge is 0.246 e. The van der Waals surface area contributed by atoms with Crippen LogP contribution in [-0.4, -0.2) is 15.0 Å². The van der Waals surface area contributed by atoms with Crippen molar-refractivity contribution in [1.29, 1.82) is 0 Å². The molecule has 3 nitrogen and oxygen atoms in total. The molecule has 3 rings (SSSR count). The second-order valence-corrected chi connectivity index (χ2v) is 4.93. The lowest BCUT2D eigenvalue weighted by Gasteiger charge is -2.24. The Morgan fingerprint density at radius 2 is 1.73 bits per heavy atom. The van der Waals surface area contributed by atoms with Gasteiger partial charge < -0.3 is 0 Å². The zero-order valence-electron chi connectivity index (χ0n) is 9.28. The van der Waals surface area contributed by atoms with Gasteiger partial charge in [-0.2, -0.15) is 0 Å². The SMILES string of the molecule is C1CCC(n2nnc3c2CCCC3)CC1. The monoisotopic (exact) mass is 205 g/mol. The van der Waals surface area contributed by atoms with Crippen molar-refractivity contribution in [2.45, 2.75) is 63.8 Å². The van der Waals surface area contributed by atoms with Crippen LogP contribution in [0.25, 0.3) is 0 Å². The zero-order valence-corrected chi connectivity index (χ0v) is 9.28. The number of nitrogens with zero attached hydrogens (tertiary/aromatic N) is 3. The molecule has 3 heteroatoms. The van der Waals surface area contributed by atoms with E-state index in [1.807, 2.05) is 0 Å². The quantitative estimate of drug-likeness (QED) is 0.705. The summed E-state index contributed by atoms with van der Waals surface area (Å²) in [6.07, 6.45) is 11.8. The third-order valence-electron chi connectivity index (χ3n) is 3.87. The van der Waals surface area contributed by atoms with Crippen LogP contribution < -0.4 is 0 Å². The molecule has 0 aromatic carbocycles. The standard InChI is InChI=1S/C12H19N3/c1-2-6-10(7-3-1)15-12-9-5-4-8-11(12)13-14-15/h10H,1-9H2. The molecule has 0 N–H and O–H groups in total. The Bertz CT molecular complexity index is 337. The Hall–Kier alpha value is -0.860.